The number of aliphatic hydroxyl groups is 1. The number of ether oxygens (including phenoxy) is 1. The van der Waals surface area contributed by atoms with Crippen LogP contribution in [-0.4, -0.2) is 53.7 Å². The monoisotopic (exact) mass is 759 g/mol. The second-order valence-corrected chi connectivity index (χ2v) is 13.2. The van der Waals surface area contributed by atoms with Crippen LogP contribution in [0.25, 0.3) is 0 Å². The molecule has 0 rings (SSSR count). The molecule has 8 nitrogen and oxygen atoms in total. The summed E-state index contributed by atoms with van der Waals surface area (Å²) in [5, 5.41) is 13.7. The van der Waals surface area contributed by atoms with Gasteiger partial charge in [-0.3, -0.25) is 14.4 Å². The third-order valence-electron chi connectivity index (χ3n) is 5.72. The molecule has 0 aromatic heterocycles. The Hall–Kier alpha value is -0.982. The van der Waals surface area contributed by atoms with Crippen LogP contribution in [0.1, 0.15) is 129 Å². The molecule has 0 radical (unpaired) electrons. The third kappa shape index (κ3) is 35.1. The number of primary amides is 1. The second kappa shape index (κ2) is 26.6. The first-order valence-corrected chi connectivity index (χ1v) is 14.4. The maximum atomic E-state index is 11.3. The molecule has 0 bridgehead atoms. The maximum Gasteiger partial charge on any atom is 2.00 e. The molecule has 0 spiro atoms. The number of nitrogens with one attached hydrogen (secondary N) is 2. The summed E-state index contributed by atoms with van der Waals surface area (Å²) in [5.41, 5.74) is 5.16. The van der Waals surface area contributed by atoms with E-state index in [0.717, 1.165) is 25.9 Å². The number of nitrogens with two attached hydrogens (primary N) is 1. The first kappa shape index (κ1) is 52.6. The van der Waals surface area contributed by atoms with E-state index >= 15 is 0 Å². The van der Waals surface area contributed by atoms with Crippen molar-refractivity contribution in [1.29, 1.82) is 0 Å². The Labute approximate surface area is 269 Å². The van der Waals surface area contributed by atoms with Crippen molar-refractivity contribution >= 4 is 18.2 Å². The Balaban J connectivity index is -0.000000111. The predicted octanol–water partition coefficient (Wildman–Crippen LogP) is 6.25. The summed E-state index contributed by atoms with van der Waals surface area (Å²) >= 11 is 0. The van der Waals surface area contributed by atoms with E-state index in [2.05, 4.69) is 59.1 Å². The summed E-state index contributed by atoms with van der Waals surface area (Å²) < 4.78 is 5.85. The van der Waals surface area contributed by atoms with Gasteiger partial charge in [-0.25, -0.2) is 0 Å². The average molecular weight is 760 g/mol. The van der Waals surface area contributed by atoms with Crippen LogP contribution in [-0.2, 0) is 40.2 Å². The topological polar surface area (TPSA) is 131 Å². The molecule has 0 aliphatic carbocycles. The van der Waals surface area contributed by atoms with Gasteiger partial charge >= 0.3 is 21.1 Å². The van der Waals surface area contributed by atoms with E-state index in [4.69, 9.17) is 15.6 Å². The first-order chi connectivity index (χ1) is 17.6. The number of amides is 3. The quantitative estimate of drug-likeness (QED) is 0.123. The van der Waals surface area contributed by atoms with Crippen molar-refractivity contribution in [2.24, 2.45) is 22.5 Å². The summed E-state index contributed by atoms with van der Waals surface area (Å²) in [6, 6.07) is -0.755. The Morgan fingerprint density at radius 2 is 1.46 bits per heavy atom. The molecule has 0 heterocycles. The Morgan fingerprint density at radius 3 is 1.73 bits per heavy atom. The summed E-state index contributed by atoms with van der Waals surface area (Å²) in [5.74, 6) is -0.768. The van der Waals surface area contributed by atoms with Gasteiger partial charge in [0, 0.05) is 12.1 Å². The molecule has 0 aliphatic rings. The van der Waals surface area contributed by atoms with Gasteiger partial charge in [-0.1, -0.05) is 75.7 Å². The Kier molecular flexibility index (Phi) is 34.2. The van der Waals surface area contributed by atoms with E-state index in [9.17, 15) is 14.4 Å². The van der Waals surface area contributed by atoms with Crippen molar-refractivity contribution in [3.8, 4) is 0 Å². The van der Waals surface area contributed by atoms with Crippen LogP contribution in [0.5, 0.6) is 0 Å². The fourth-order valence-corrected chi connectivity index (χ4v) is 3.57. The molecule has 0 fully saturated rings. The molecule has 0 saturated carbocycles. The van der Waals surface area contributed by atoms with Gasteiger partial charge in [0.15, 0.2) is 0 Å². The molecular formula is C32H69N3O5W. The zero-order valence-corrected chi connectivity index (χ0v) is 32.4. The van der Waals surface area contributed by atoms with Crippen molar-refractivity contribution in [1.82, 2.24) is 10.6 Å². The van der Waals surface area contributed by atoms with Gasteiger partial charge in [-0.15, -0.1) is 0 Å². The normalized spacial score (nSPS) is 11.8. The number of carbonyl (C=O) groups is 3. The average Bonchev–Trinajstić information content (AvgIpc) is 2.77. The maximum absolute atomic E-state index is 11.3. The Bertz CT molecular complexity index is 646. The van der Waals surface area contributed by atoms with Crippen LogP contribution >= 0.6 is 0 Å². The van der Waals surface area contributed by atoms with Crippen molar-refractivity contribution in [3.05, 3.63) is 14.4 Å². The van der Waals surface area contributed by atoms with Gasteiger partial charge < -0.3 is 40.6 Å². The van der Waals surface area contributed by atoms with E-state index in [0.29, 0.717) is 24.2 Å². The SMILES string of the molecule is CC.CC(C)CC(C)(C)C(NC(=O)CO)C(N)=O.CCCC(C)(C)OCCC(C)(C)C.[CH2-]CC(C)(C)NC=O.[CH3-].[W+2]. The molecule has 5 N–H and O–H groups in total. The van der Waals surface area contributed by atoms with E-state index in [1.807, 2.05) is 55.4 Å². The van der Waals surface area contributed by atoms with Crippen LogP contribution in [0, 0.1) is 31.1 Å². The van der Waals surface area contributed by atoms with Crippen molar-refractivity contribution in [3.63, 3.8) is 0 Å². The zero-order valence-electron chi connectivity index (χ0n) is 29.5. The van der Waals surface area contributed by atoms with Gasteiger partial charge in [-0.2, -0.15) is 6.42 Å². The summed E-state index contributed by atoms with van der Waals surface area (Å²) in [6.07, 6.45) is 5.66. The van der Waals surface area contributed by atoms with Gasteiger partial charge in [0.05, 0.1) is 5.60 Å². The molecule has 1 atom stereocenters. The molecule has 9 heteroatoms. The first-order valence-electron chi connectivity index (χ1n) is 14.4. The molecule has 1 unspecified atom stereocenters. The van der Waals surface area contributed by atoms with E-state index in [1.165, 1.54) is 6.42 Å². The minimum absolute atomic E-state index is 0. The molecule has 3 amide bonds. The minimum Gasteiger partial charge on any atom is -0.387 e. The summed E-state index contributed by atoms with van der Waals surface area (Å²) in [6.45, 7) is 32.9. The van der Waals surface area contributed by atoms with Crippen LogP contribution in [0.15, 0.2) is 0 Å². The molecule has 248 valence electrons. The van der Waals surface area contributed by atoms with Gasteiger partial charge in [0.2, 0.25) is 18.2 Å². The fraction of sp³-hybridized carbons (Fsp3) is 0.844. The second-order valence-electron chi connectivity index (χ2n) is 13.2. The van der Waals surface area contributed by atoms with Crippen LogP contribution in [0.4, 0.5) is 0 Å². The van der Waals surface area contributed by atoms with Crippen LogP contribution < -0.4 is 16.4 Å². The summed E-state index contributed by atoms with van der Waals surface area (Å²) in [7, 11) is 0. The third-order valence-corrected chi connectivity index (χ3v) is 5.72. The number of rotatable bonds is 14. The number of carbonyl (C=O) groups excluding carboxylic acids is 3. The predicted molar refractivity (Wildman–Crippen MR) is 171 cm³/mol. The fourth-order valence-electron chi connectivity index (χ4n) is 3.57. The molecule has 0 aromatic rings. The van der Waals surface area contributed by atoms with E-state index in [-0.39, 0.29) is 39.6 Å². The van der Waals surface area contributed by atoms with Crippen molar-refractivity contribution in [2.75, 3.05) is 13.2 Å². The largest absolute Gasteiger partial charge is 2.00 e. The smallest absolute Gasteiger partial charge is 0.387 e. The van der Waals surface area contributed by atoms with Crippen LogP contribution in [0.2, 0.25) is 0 Å². The molecular weight excluding hydrogens is 690 g/mol. The van der Waals surface area contributed by atoms with Gasteiger partial charge in [0.25, 0.3) is 0 Å². The van der Waals surface area contributed by atoms with E-state index < -0.39 is 29.9 Å². The van der Waals surface area contributed by atoms with Gasteiger partial charge in [0.1, 0.15) is 12.6 Å². The van der Waals surface area contributed by atoms with Crippen LogP contribution in [0.3, 0.4) is 0 Å². The molecule has 0 aliphatic heterocycles. The van der Waals surface area contributed by atoms with Gasteiger partial charge in [-0.05, 0) is 63.7 Å². The molecule has 0 saturated heterocycles. The minimum atomic E-state index is -0.755. The van der Waals surface area contributed by atoms with E-state index in [1.54, 1.807) is 0 Å². The van der Waals surface area contributed by atoms with Crippen molar-refractivity contribution in [2.45, 2.75) is 146 Å². The number of hydrogen-bond donors (Lipinski definition) is 4. The Morgan fingerprint density at radius 1 is 1.00 bits per heavy atom. The standard InChI is InChI=1S/C12H26O.C11H22N2O3.C6H12NO.C2H6.CH3.W/c1-7-8-12(5,6)13-10-9-11(2,3)4;1-7(2)5-11(3,4)9(10(12)16)13-8(15)6-14;1-4-6(2,3)7-5-8;1-2;;/h7-10H2,1-6H3;7,9,14H,5-6H2,1-4H3,(H2,12,16)(H,13,15);5H,1,4H2,2-3H3,(H,7,8);1-2H3;1H3;/q;;-1;;-1;+2. The number of aliphatic hydroxyl groups excluding tert-OH is 1. The number of hydrogen-bond acceptors (Lipinski definition) is 5. The molecule has 0 aromatic carbocycles. The molecule has 41 heavy (non-hydrogen) atoms. The zero-order chi connectivity index (χ0) is 32.1. The summed E-state index contributed by atoms with van der Waals surface area (Å²) in [4.78, 5) is 32.2. The van der Waals surface area contributed by atoms with Crippen molar-refractivity contribution < 1.29 is 45.3 Å².